The van der Waals surface area contributed by atoms with E-state index in [-0.39, 0.29) is 19.4 Å². The highest BCUT2D eigenvalue weighted by atomic mass is 19.4. The summed E-state index contributed by atoms with van der Waals surface area (Å²) >= 11 is 0. The molecule has 1 rings (SSSR count). The van der Waals surface area contributed by atoms with Crippen molar-refractivity contribution < 1.29 is 17.9 Å². The van der Waals surface area contributed by atoms with Crippen LogP contribution in [-0.4, -0.2) is 18.4 Å². The molecule has 1 nitrogen and oxygen atoms in total. The second-order valence-electron chi connectivity index (χ2n) is 2.78. The number of hydrogen-bond donors (Lipinski definition) is 0. The summed E-state index contributed by atoms with van der Waals surface area (Å²) in [5.41, 5.74) is -1.79. The Morgan fingerprint density at radius 1 is 1.36 bits per heavy atom. The molecule has 0 unspecified atom stereocenters. The standard InChI is InChI=1S/C7H11F3O/c1-2-11-6(4-3-5-6)7(8,9)10/h2-5H2,1H3. The average molecular weight is 168 g/mol. The van der Waals surface area contributed by atoms with Gasteiger partial charge in [-0.25, -0.2) is 0 Å². The monoisotopic (exact) mass is 168 g/mol. The molecule has 0 bridgehead atoms. The largest absolute Gasteiger partial charge is 0.417 e. The smallest absolute Gasteiger partial charge is 0.366 e. The first-order chi connectivity index (χ1) is 5.02. The first kappa shape index (κ1) is 8.84. The third kappa shape index (κ3) is 1.36. The molecule has 0 aromatic heterocycles. The van der Waals surface area contributed by atoms with Crippen LogP contribution in [0.5, 0.6) is 0 Å². The fourth-order valence-corrected chi connectivity index (χ4v) is 1.28. The van der Waals surface area contributed by atoms with Crippen molar-refractivity contribution in [3.8, 4) is 0 Å². The van der Waals surface area contributed by atoms with Gasteiger partial charge in [0.2, 0.25) is 0 Å². The van der Waals surface area contributed by atoms with Crippen molar-refractivity contribution in [3.05, 3.63) is 0 Å². The molecule has 0 atom stereocenters. The van der Waals surface area contributed by atoms with E-state index in [1.807, 2.05) is 0 Å². The van der Waals surface area contributed by atoms with Crippen LogP contribution in [0.2, 0.25) is 0 Å². The number of halogens is 3. The third-order valence-electron chi connectivity index (χ3n) is 2.10. The Morgan fingerprint density at radius 2 is 1.91 bits per heavy atom. The SMILES string of the molecule is CCOC1(C(F)(F)F)CCC1. The summed E-state index contributed by atoms with van der Waals surface area (Å²) in [4.78, 5) is 0. The van der Waals surface area contributed by atoms with E-state index in [2.05, 4.69) is 0 Å². The molecule has 0 heterocycles. The number of rotatable bonds is 2. The first-order valence-electron chi connectivity index (χ1n) is 3.72. The molecule has 66 valence electrons. The van der Waals surface area contributed by atoms with Gasteiger partial charge >= 0.3 is 6.18 Å². The maximum atomic E-state index is 12.2. The summed E-state index contributed by atoms with van der Waals surface area (Å²) in [6.07, 6.45) is -3.30. The van der Waals surface area contributed by atoms with Crippen molar-refractivity contribution in [1.82, 2.24) is 0 Å². The Labute approximate surface area is 63.5 Å². The Balaban J connectivity index is 2.60. The van der Waals surface area contributed by atoms with Crippen LogP contribution in [0.4, 0.5) is 13.2 Å². The molecule has 0 N–H and O–H groups in total. The molecule has 1 saturated carbocycles. The Hall–Kier alpha value is -0.250. The normalized spacial score (nSPS) is 22.9. The van der Waals surface area contributed by atoms with Gasteiger partial charge in [-0.2, -0.15) is 13.2 Å². The fraction of sp³-hybridized carbons (Fsp3) is 1.00. The van der Waals surface area contributed by atoms with Gasteiger partial charge in [0.05, 0.1) is 0 Å². The second kappa shape index (κ2) is 2.66. The quantitative estimate of drug-likeness (QED) is 0.615. The van der Waals surface area contributed by atoms with E-state index in [1.165, 1.54) is 0 Å². The minimum Gasteiger partial charge on any atom is -0.366 e. The molecule has 0 aliphatic heterocycles. The van der Waals surface area contributed by atoms with E-state index in [1.54, 1.807) is 6.92 Å². The molecule has 0 radical (unpaired) electrons. The summed E-state index contributed by atoms with van der Waals surface area (Å²) in [5.74, 6) is 0. The lowest BCUT2D eigenvalue weighted by molar-refractivity contribution is -0.303. The van der Waals surface area contributed by atoms with Crippen molar-refractivity contribution in [1.29, 1.82) is 0 Å². The van der Waals surface area contributed by atoms with Crippen LogP contribution in [-0.2, 0) is 4.74 Å². The summed E-state index contributed by atoms with van der Waals surface area (Å²) in [6.45, 7) is 1.73. The Bertz CT molecular complexity index is 137. The summed E-state index contributed by atoms with van der Waals surface area (Å²) in [7, 11) is 0. The number of hydrogen-bond acceptors (Lipinski definition) is 1. The van der Waals surface area contributed by atoms with Crippen LogP contribution >= 0.6 is 0 Å². The minimum absolute atomic E-state index is 0.129. The average Bonchev–Trinajstić information content (AvgIpc) is 1.75. The lowest BCUT2D eigenvalue weighted by Gasteiger charge is -2.42. The van der Waals surface area contributed by atoms with Gasteiger partial charge in [0.1, 0.15) is 0 Å². The van der Waals surface area contributed by atoms with E-state index < -0.39 is 11.8 Å². The molecule has 0 spiro atoms. The predicted molar refractivity (Wildman–Crippen MR) is 34.3 cm³/mol. The van der Waals surface area contributed by atoms with Gasteiger partial charge in [0.25, 0.3) is 0 Å². The zero-order valence-corrected chi connectivity index (χ0v) is 6.37. The van der Waals surface area contributed by atoms with Gasteiger partial charge in [-0.3, -0.25) is 0 Å². The van der Waals surface area contributed by atoms with Crippen LogP contribution in [0.1, 0.15) is 26.2 Å². The molecule has 11 heavy (non-hydrogen) atoms. The van der Waals surface area contributed by atoms with Crippen molar-refractivity contribution in [2.75, 3.05) is 6.61 Å². The summed E-state index contributed by atoms with van der Waals surface area (Å²) < 4.78 is 41.4. The molecular formula is C7H11F3O. The summed E-state index contributed by atoms with van der Waals surface area (Å²) in [5, 5.41) is 0. The van der Waals surface area contributed by atoms with Gasteiger partial charge in [0.15, 0.2) is 5.60 Å². The highest BCUT2D eigenvalue weighted by Crippen LogP contribution is 2.47. The number of ether oxygens (including phenoxy) is 1. The molecule has 0 amide bonds. The topological polar surface area (TPSA) is 9.23 Å². The van der Waals surface area contributed by atoms with Gasteiger partial charge in [-0.05, 0) is 26.2 Å². The first-order valence-corrected chi connectivity index (χ1v) is 3.72. The van der Waals surface area contributed by atoms with E-state index in [9.17, 15) is 13.2 Å². The van der Waals surface area contributed by atoms with E-state index >= 15 is 0 Å². The molecular weight excluding hydrogens is 157 g/mol. The predicted octanol–water partition coefficient (Wildman–Crippen LogP) is 2.51. The maximum Gasteiger partial charge on any atom is 0.417 e. The van der Waals surface area contributed by atoms with Crippen molar-refractivity contribution in [2.45, 2.75) is 38.0 Å². The highest BCUT2D eigenvalue weighted by Gasteiger charge is 2.59. The van der Waals surface area contributed by atoms with Gasteiger partial charge in [0, 0.05) is 6.61 Å². The van der Waals surface area contributed by atoms with Crippen LogP contribution < -0.4 is 0 Å². The second-order valence-corrected chi connectivity index (χ2v) is 2.78. The zero-order chi connectivity index (χ0) is 8.54. The molecule has 4 heteroatoms. The van der Waals surface area contributed by atoms with Gasteiger partial charge in [-0.15, -0.1) is 0 Å². The lowest BCUT2D eigenvalue weighted by Crippen LogP contribution is -2.53. The maximum absolute atomic E-state index is 12.2. The minimum atomic E-state index is -4.18. The number of alkyl halides is 3. The van der Waals surface area contributed by atoms with Crippen LogP contribution in [0.25, 0.3) is 0 Å². The van der Waals surface area contributed by atoms with Crippen molar-refractivity contribution >= 4 is 0 Å². The molecule has 0 saturated heterocycles. The van der Waals surface area contributed by atoms with Crippen LogP contribution in [0, 0.1) is 0 Å². The van der Waals surface area contributed by atoms with Crippen LogP contribution in [0.15, 0.2) is 0 Å². The lowest BCUT2D eigenvalue weighted by atomic mass is 9.79. The molecule has 0 aromatic carbocycles. The van der Waals surface area contributed by atoms with Crippen molar-refractivity contribution in [2.24, 2.45) is 0 Å². The van der Waals surface area contributed by atoms with E-state index in [4.69, 9.17) is 4.74 Å². The van der Waals surface area contributed by atoms with Gasteiger partial charge < -0.3 is 4.74 Å². The summed E-state index contributed by atoms with van der Waals surface area (Å²) in [6, 6.07) is 0. The Kier molecular flexibility index (Phi) is 2.14. The molecule has 1 aliphatic rings. The van der Waals surface area contributed by atoms with Gasteiger partial charge in [-0.1, -0.05) is 0 Å². The molecule has 1 fully saturated rings. The van der Waals surface area contributed by atoms with Crippen molar-refractivity contribution in [3.63, 3.8) is 0 Å². The zero-order valence-electron chi connectivity index (χ0n) is 6.37. The fourth-order valence-electron chi connectivity index (χ4n) is 1.28. The highest BCUT2D eigenvalue weighted by molar-refractivity contribution is 4.96. The van der Waals surface area contributed by atoms with E-state index in [0.29, 0.717) is 6.42 Å². The Morgan fingerprint density at radius 3 is 2.00 bits per heavy atom. The van der Waals surface area contributed by atoms with Crippen LogP contribution in [0.3, 0.4) is 0 Å². The van der Waals surface area contributed by atoms with E-state index in [0.717, 1.165) is 0 Å². The molecule has 1 aliphatic carbocycles. The third-order valence-corrected chi connectivity index (χ3v) is 2.10. The molecule has 0 aromatic rings.